The maximum absolute atomic E-state index is 8.07. The molecule has 3 nitrogen and oxygen atoms in total. The molecule has 16 heavy (non-hydrogen) atoms. The van der Waals surface area contributed by atoms with Crippen molar-refractivity contribution in [1.82, 2.24) is 0 Å². The first-order valence-electron chi connectivity index (χ1n) is 6.07. The molecule has 0 heterocycles. The van der Waals surface area contributed by atoms with Crippen LogP contribution >= 0.6 is 0 Å². The summed E-state index contributed by atoms with van der Waals surface area (Å²) in [5, 5.41) is 24.2. The Bertz CT molecular complexity index is 53.0. The van der Waals surface area contributed by atoms with Crippen LogP contribution < -0.4 is 0 Å². The van der Waals surface area contributed by atoms with E-state index in [1.807, 2.05) is 0 Å². The van der Waals surface area contributed by atoms with Crippen molar-refractivity contribution >= 4 is 24.4 Å². The fourth-order valence-electron chi connectivity index (χ4n) is 0.474. The zero-order valence-corrected chi connectivity index (χ0v) is 15.4. The SMILES string of the molecule is CCCCO.CCCCO.CCCCO.[SbH3]. The van der Waals surface area contributed by atoms with Crippen LogP contribution in [0.4, 0.5) is 0 Å². The summed E-state index contributed by atoms with van der Waals surface area (Å²) in [4.78, 5) is 0. The van der Waals surface area contributed by atoms with Crippen LogP contribution in [0.25, 0.3) is 0 Å². The van der Waals surface area contributed by atoms with E-state index in [9.17, 15) is 0 Å². The van der Waals surface area contributed by atoms with Crippen molar-refractivity contribution < 1.29 is 15.3 Å². The molecule has 0 saturated carbocycles. The first-order chi connectivity index (χ1) is 7.24. The minimum absolute atomic E-state index is 0. The normalized spacial score (nSPS) is 7.88. The summed E-state index contributed by atoms with van der Waals surface area (Å²) in [5.74, 6) is 0. The van der Waals surface area contributed by atoms with E-state index >= 15 is 0 Å². The Hall–Kier alpha value is 0.698. The van der Waals surface area contributed by atoms with Gasteiger partial charge in [-0.1, -0.05) is 40.0 Å². The third-order valence-electron chi connectivity index (χ3n) is 1.54. The summed E-state index contributed by atoms with van der Waals surface area (Å²) in [6.07, 6.45) is 6.11. The predicted molar refractivity (Wildman–Crippen MR) is 75.9 cm³/mol. The fraction of sp³-hybridized carbons (Fsp3) is 1.00. The van der Waals surface area contributed by atoms with E-state index in [-0.39, 0.29) is 24.4 Å². The average molecular weight is 347 g/mol. The number of unbranched alkanes of at least 4 members (excludes halogenated alkanes) is 3. The summed E-state index contributed by atoms with van der Waals surface area (Å²) < 4.78 is 0. The van der Waals surface area contributed by atoms with E-state index < -0.39 is 0 Å². The van der Waals surface area contributed by atoms with Crippen LogP contribution in [0.3, 0.4) is 0 Å². The Balaban J connectivity index is -0.0000000655. The molecule has 0 amide bonds. The molecule has 3 N–H and O–H groups in total. The Morgan fingerprint density at radius 2 is 0.750 bits per heavy atom. The van der Waals surface area contributed by atoms with Crippen LogP contribution in [0.15, 0.2) is 0 Å². The van der Waals surface area contributed by atoms with Crippen LogP contribution in [-0.2, 0) is 0 Å². The van der Waals surface area contributed by atoms with Gasteiger partial charge in [-0.3, -0.25) is 0 Å². The second kappa shape index (κ2) is 36.1. The van der Waals surface area contributed by atoms with Gasteiger partial charge in [0.1, 0.15) is 0 Å². The Kier molecular flexibility index (Phi) is 57.5. The van der Waals surface area contributed by atoms with Crippen molar-refractivity contribution in [1.29, 1.82) is 0 Å². The van der Waals surface area contributed by atoms with Crippen LogP contribution in [-0.4, -0.2) is 59.6 Å². The van der Waals surface area contributed by atoms with Crippen molar-refractivity contribution in [2.24, 2.45) is 0 Å². The molecule has 0 bridgehead atoms. The molecule has 104 valence electrons. The van der Waals surface area contributed by atoms with Crippen molar-refractivity contribution in [3.8, 4) is 0 Å². The molecule has 0 unspecified atom stereocenters. The van der Waals surface area contributed by atoms with Crippen LogP contribution in [0.2, 0.25) is 0 Å². The third-order valence-corrected chi connectivity index (χ3v) is 1.54. The molecule has 0 radical (unpaired) electrons. The zero-order valence-electron chi connectivity index (χ0n) is 11.4. The van der Waals surface area contributed by atoms with Gasteiger partial charge in [-0.2, -0.15) is 0 Å². The maximum atomic E-state index is 8.07. The van der Waals surface area contributed by atoms with Crippen LogP contribution in [0.1, 0.15) is 59.3 Å². The monoisotopic (exact) mass is 346 g/mol. The molecule has 0 rings (SSSR count). The second-order valence-electron chi connectivity index (χ2n) is 3.23. The van der Waals surface area contributed by atoms with Crippen molar-refractivity contribution in [2.45, 2.75) is 59.3 Å². The van der Waals surface area contributed by atoms with E-state index in [0.29, 0.717) is 19.8 Å². The molecule has 0 aromatic carbocycles. The van der Waals surface area contributed by atoms with Crippen molar-refractivity contribution in [3.05, 3.63) is 0 Å². The van der Waals surface area contributed by atoms with Crippen LogP contribution in [0.5, 0.6) is 0 Å². The third kappa shape index (κ3) is 61.5. The molecule has 0 saturated heterocycles. The molecule has 4 heteroatoms. The number of rotatable bonds is 6. The number of aliphatic hydroxyl groups excluding tert-OH is 3. The van der Waals surface area contributed by atoms with Crippen LogP contribution in [0, 0.1) is 0 Å². The van der Waals surface area contributed by atoms with E-state index in [2.05, 4.69) is 20.8 Å². The van der Waals surface area contributed by atoms with Gasteiger partial charge in [-0.25, -0.2) is 0 Å². The van der Waals surface area contributed by atoms with Gasteiger partial charge in [0.15, 0.2) is 0 Å². The van der Waals surface area contributed by atoms with Gasteiger partial charge in [0, 0.05) is 19.8 Å². The predicted octanol–water partition coefficient (Wildman–Crippen LogP) is 1.15. The topological polar surface area (TPSA) is 60.7 Å². The molecule has 0 spiro atoms. The van der Waals surface area contributed by atoms with Gasteiger partial charge in [0.2, 0.25) is 0 Å². The molecule has 0 fully saturated rings. The Labute approximate surface area is 119 Å². The zero-order chi connectivity index (χ0) is 12.4. The van der Waals surface area contributed by atoms with Gasteiger partial charge in [-0.05, 0) is 19.3 Å². The minimum atomic E-state index is 0. The van der Waals surface area contributed by atoms with E-state index in [4.69, 9.17) is 15.3 Å². The van der Waals surface area contributed by atoms with E-state index in [1.165, 1.54) is 0 Å². The van der Waals surface area contributed by atoms with E-state index in [1.54, 1.807) is 0 Å². The number of aliphatic hydroxyl groups is 3. The summed E-state index contributed by atoms with van der Waals surface area (Å²) in [6, 6.07) is 0. The second-order valence-corrected chi connectivity index (χ2v) is 3.23. The standard InChI is InChI=1S/3C4H10O.Sb.3H/c3*1-2-3-4-5;;;;/h3*5H,2-4H2,1H3;;;;. The summed E-state index contributed by atoms with van der Waals surface area (Å²) in [7, 11) is 0. The summed E-state index contributed by atoms with van der Waals surface area (Å²) >= 11 is 0. The van der Waals surface area contributed by atoms with Gasteiger partial charge in [0.05, 0.1) is 0 Å². The molecular formula is C12H33O3Sb. The van der Waals surface area contributed by atoms with Gasteiger partial charge >= 0.3 is 24.4 Å². The molecule has 0 atom stereocenters. The van der Waals surface area contributed by atoms with Gasteiger partial charge < -0.3 is 15.3 Å². The first kappa shape index (κ1) is 25.5. The number of hydrogen-bond acceptors (Lipinski definition) is 3. The van der Waals surface area contributed by atoms with Crippen molar-refractivity contribution in [3.63, 3.8) is 0 Å². The Morgan fingerprint density at radius 3 is 0.750 bits per heavy atom. The molecule has 0 aliphatic carbocycles. The molecule has 0 aromatic rings. The average Bonchev–Trinajstić information content (AvgIpc) is 2.23. The molecule has 0 aromatic heterocycles. The molecular weight excluding hydrogens is 314 g/mol. The summed E-state index contributed by atoms with van der Waals surface area (Å²) in [6.45, 7) is 7.19. The van der Waals surface area contributed by atoms with Gasteiger partial charge in [0.25, 0.3) is 0 Å². The fourth-order valence-corrected chi connectivity index (χ4v) is 0.474. The van der Waals surface area contributed by atoms with E-state index in [0.717, 1.165) is 38.5 Å². The number of hydrogen-bond donors (Lipinski definition) is 3. The van der Waals surface area contributed by atoms with Gasteiger partial charge in [-0.15, -0.1) is 0 Å². The Morgan fingerprint density at radius 1 is 0.562 bits per heavy atom. The quantitative estimate of drug-likeness (QED) is 0.632. The first-order valence-corrected chi connectivity index (χ1v) is 6.07. The molecule has 0 aliphatic heterocycles. The van der Waals surface area contributed by atoms with Crippen molar-refractivity contribution in [2.75, 3.05) is 19.8 Å². The summed E-state index contributed by atoms with van der Waals surface area (Å²) in [5.41, 5.74) is 0. The molecule has 0 aliphatic rings.